The van der Waals surface area contributed by atoms with Crippen molar-refractivity contribution in [2.24, 2.45) is 5.73 Å². The second kappa shape index (κ2) is 9.11. The van der Waals surface area contributed by atoms with Gasteiger partial charge in [-0.05, 0) is 72.9 Å². The smallest absolute Gasteiger partial charge is 0.250 e. The lowest BCUT2D eigenvalue weighted by Gasteiger charge is -2.34. The van der Waals surface area contributed by atoms with Gasteiger partial charge in [0.25, 0.3) is 5.91 Å². The first-order chi connectivity index (χ1) is 16.2. The molecule has 0 aliphatic carbocycles. The predicted molar refractivity (Wildman–Crippen MR) is 136 cm³/mol. The monoisotopic (exact) mass is 501 g/mol. The molecule has 2 aromatic heterocycles. The van der Waals surface area contributed by atoms with E-state index < -0.39 is 15.7 Å². The third-order valence-corrected chi connectivity index (χ3v) is 9.58. The molecule has 1 aromatic carbocycles. The third kappa shape index (κ3) is 4.79. The summed E-state index contributed by atoms with van der Waals surface area (Å²) in [6.07, 6.45) is 3.58. The number of hydrogen-bond acceptors (Lipinski definition) is 6. The van der Waals surface area contributed by atoms with E-state index in [2.05, 4.69) is 41.2 Å². The summed E-state index contributed by atoms with van der Waals surface area (Å²) in [6.45, 7) is 6.93. The number of ether oxygens (including phenoxy) is 1. The number of aromatic nitrogens is 1. The Kier molecular flexibility index (Phi) is 6.31. The number of carbonyl (C=O) groups excluding carboxylic acids is 1. The largest absolute Gasteiger partial charge is 0.373 e. The Morgan fingerprint density at radius 1 is 1.15 bits per heavy atom. The van der Waals surface area contributed by atoms with Gasteiger partial charge < -0.3 is 15.5 Å². The van der Waals surface area contributed by atoms with E-state index in [0.29, 0.717) is 18.4 Å². The van der Waals surface area contributed by atoms with Crippen molar-refractivity contribution in [1.82, 2.24) is 9.88 Å². The van der Waals surface area contributed by atoms with E-state index in [-0.39, 0.29) is 29.6 Å². The lowest BCUT2D eigenvalue weighted by atomic mass is 9.91. The standard InChI is InChI=1S/C25H31N3O4S2/c1-15-11-28(12-16(2)32-15)13-20-7-19(14-33-20)18-8-21-23(17-3-5-34(30,31)6-4-17)10-27-24(21)22(9-18)25(26)29/h7-10,14-17,27H,3-6,11-13H2,1-2H3,(H2,26,29)/t15-,16+. The van der Waals surface area contributed by atoms with Crippen molar-refractivity contribution in [2.75, 3.05) is 24.6 Å². The molecular formula is C25H31N3O4S2. The van der Waals surface area contributed by atoms with Crippen LogP contribution in [-0.4, -0.2) is 61.0 Å². The van der Waals surface area contributed by atoms with Crippen molar-refractivity contribution in [1.29, 1.82) is 0 Å². The zero-order chi connectivity index (χ0) is 24.0. The highest BCUT2D eigenvalue weighted by Crippen LogP contribution is 2.38. The lowest BCUT2D eigenvalue weighted by molar-refractivity contribution is -0.0702. The van der Waals surface area contributed by atoms with Crippen molar-refractivity contribution in [3.05, 3.63) is 45.8 Å². The van der Waals surface area contributed by atoms with Crippen molar-refractivity contribution >= 4 is 38.0 Å². The SMILES string of the molecule is C[C@@H]1CN(Cc2cc(-c3cc(C(N)=O)c4[nH]cc(C5CCS(=O)(=O)CC5)c4c3)cs2)C[C@H](C)O1. The molecule has 7 nitrogen and oxygen atoms in total. The molecule has 0 bridgehead atoms. The summed E-state index contributed by atoms with van der Waals surface area (Å²) in [7, 11) is -2.94. The highest BCUT2D eigenvalue weighted by atomic mass is 32.2. The molecule has 2 aliphatic rings. The molecule has 1 amide bonds. The Hall–Kier alpha value is -2.20. The van der Waals surface area contributed by atoms with Crippen LogP contribution in [0, 0.1) is 0 Å². The number of morpholine rings is 1. The number of thiophene rings is 1. The second-order valence-corrected chi connectivity index (χ2v) is 13.0. The maximum absolute atomic E-state index is 12.3. The summed E-state index contributed by atoms with van der Waals surface area (Å²) >= 11 is 1.72. The fourth-order valence-corrected chi connectivity index (χ4v) is 7.83. The van der Waals surface area contributed by atoms with Gasteiger partial charge in [0.15, 0.2) is 0 Å². The molecule has 2 atom stereocenters. The first kappa shape index (κ1) is 23.5. The second-order valence-electron chi connectivity index (χ2n) is 9.73. The molecule has 3 N–H and O–H groups in total. The molecule has 0 saturated carbocycles. The van der Waals surface area contributed by atoms with Crippen LogP contribution in [0.25, 0.3) is 22.0 Å². The lowest BCUT2D eigenvalue weighted by Crippen LogP contribution is -2.44. The van der Waals surface area contributed by atoms with Crippen LogP contribution < -0.4 is 5.73 Å². The van der Waals surface area contributed by atoms with Gasteiger partial charge in [0.1, 0.15) is 9.84 Å². The van der Waals surface area contributed by atoms with E-state index in [0.717, 1.165) is 47.2 Å². The van der Waals surface area contributed by atoms with Gasteiger partial charge in [-0.1, -0.05) is 0 Å². The maximum atomic E-state index is 12.3. The molecular weight excluding hydrogens is 470 g/mol. The average molecular weight is 502 g/mol. The number of amides is 1. The van der Waals surface area contributed by atoms with Gasteiger partial charge in [-0.25, -0.2) is 8.42 Å². The summed E-state index contributed by atoms with van der Waals surface area (Å²) in [5.74, 6) is 0.0912. The van der Waals surface area contributed by atoms with Crippen LogP contribution in [0.2, 0.25) is 0 Å². The number of nitrogens with zero attached hydrogens (tertiary/aromatic N) is 1. The Morgan fingerprint density at radius 2 is 1.85 bits per heavy atom. The molecule has 182 valence electrons. The van der Waals surface area contributed by atoms with Gasteiger partial charge in [-0.15, -0.1) is 11.3 Å². The highest BCUT2D eigenvalue weighted by Gasteiger charge is 2.28. The van der Waals surface area contributed by atoms with Gasteiger partial charge in [0.05, 0.1) is 34.8 Å². The zero-order valence-electron chi connectivity index (χ0n) is 19.5. The van der Waals surface area contributed by atoms with Gasteiger partial charge in [0, 0.05) is 36.1 Å². The fourth-order valence-electron chi connectivity index (χ4n) is 5.40. The van der Waals surface area contributed by atoms with Crippen molar-refractivity contribution < 1.29 is 17.9 Å². The van der Waals surface area contributed by atoms with Crippen molar-refractivity contribution in [3.63, 3.8) is 0 Å². The number of carbonyl (C=O) groups is 1. The summed E-state index contributed by atoms with van der Waals surface area (Å²) in [5.41, 5.74) is 10.0. The average Bonchev–Trinajstić information content (AvgIpc) is 3.39. The quantitative estimate of drug-likeness (QED) is 0.552. The predicted octanol–water partition coefficient (Wildman–Crippen LogP) is 3.90. The van der Waals surface area contributed by atoms with Crippen molar-refractivity contribution in [3.8, 4) is 11.1 Å². The molecule has 0 spiro atoms. The van der Waals surface area contributed by atoms with Gasteiger partial charge >= 0.3 is 0 Å². The Bertz CT molecular complexity index is 1300. The van der Waals surface area contributed by atoms with E-state index >= 15 is 0 Å². The maximum Gasteiger partial charge on any atom is 0.250 e. The van der Waals surface area contributed by atoms with E-state index in [9.17, 15) is 13.2 Å². The summed E-state index contributed by atoms with van der Waals surface area (Å²) in [5, 5.41) is 3.09. The Labute approximate surface area is 204 Å². The minimum absolute atomic E-state index is 0.150. The number of fused-ring (bicyclic) bond motifs is 1. The molecule has 5 rings (SSSR count). The molecule has 4 heterocycles. The number of sulfone groups is 1. The first-order valence-corrected chi connectivity index (χ1v) is 14.5. The molecule has 9 heteroatoms. The molecule has 3 aromatic rings. The highest BCUT2D eigenvalue weighted by molar-refractivity contribution is 7.91. The van der Waals surface area contributed by atoms with Crippen LogP contribution in [0.1, 0.15) is 53.4 Å². The van der Waals surface area contributed by atoms with Crippen LogP contribution in [0.5, 0.6) is 0 Å². The minimum atomic E-state index is -2.94. The summed E-state index contributed by atoms with van der Waals surface area (Å²) in [6, 6.07) is 6.17. The van der Waals surface area contributed by atoms with Crippen molar-refractivity contribution in [2.45, 2.75) is 51.4 Å². The van der Waals surface area contributed by atoms with E-state index in [4.69, 9.17) is 10.5 Å². The number of primary amides is 1. The van der Waals surface area contributed by atoms with Crippen LogP contribution >= 0.6 is 11.3 Å². The number of H-pyrrole nitrogens is 1. The van der Waals surface area contributed by atoms with E-state index in [1.165, 1.54) is 4.88 Å². The molecule has 2 fully saturated rings. The summed E-state index contributed by atoms with van der Waals surface area (Å²) in [4.78, 5) is 19.2. The molecule has 0 radical (unpaired) electrons. The number of nitrogens with one attached hydrogen (secondary N) is 1. The topological polar surface area (TPSA) is 105 Å². The number of benzene rings is 1. The number of aromatic amines is 1. The third-order valence-electron chi connectivity index (χ3n) is 6.94. The number of hydrogen-bond donors (Lipinski definition) is 2. The molecule has 2 aliphatic heterocycles. The van der Waals surface area contributed by atoms with Gasteiger partial charge in [-0.2, -0.15) is 0 Å². The number of nitrogens with two attached hydrogens (primary N) is 1. The first-order valence-electron chi connectivity index (χ1n) is 11.8. The minimum Gasteiger partial charge on any atom is -0.373 e. The Balaban J connectivity index is 1.46. The van der Waals surface area contributed by atoms with Crippen LogP contribution in [0.4, 0.5) is 0 Å². The number of rotatable bonds is 5. The Morgan fingerprint density at radius 3 is 2.53 bits per heavy atom. The van der Waals surface area contributed by atoms with E-state index in [1.807, 2.05) is 12.3 Å². The normalized spacial score (nSPS) is 23.9. The van der Waals surface area contributed by atoms with Crippen LogP contribution in [0.15, 0.2) is 29.8 Å². The van der Waals surface area contributed by atoms with E-state index in [1.54, 1.807) is 11.3 Å². The van der Waals surface area contributed by atoms with Gasteiger partial charge in [0.2, 0.25) is 0 Å². The zero-order valence-corrected chi connectivity index (χ0v) is 21.2. The van der Waals surface area contributed by atoms with Crippen LogP contribution in [0.3, 0.4) is 0 Å². The molecule has 0 unspecified atom stereocenters. The molecule has 2 saturated heterocycles. The fraction of sp³-hybridized carbons (Fsp3) is 0.480. The van der Waals surface area contributed by atoms with Gasteiger partial charge in [-0.3, -0.25) is 9.69 Å². The summed E-state index contributed by atoms with van der Waals surface area (Å²) < 4.78 is 29.7. The molecule has 34 heavy (non-hydrogen) atoms. The van der Waals surface area contributed by atoms with Crippen LogP contribution in [-0.2, 0) is 21.1 Å².